The van der Waals surface area contributed by atoms with Crippen LogP contribution in [0.15, 0.2) is 22.3 Å². The highest BCUT2D eigenvalue weighted by molar-refractivity contribution is 8.00. The van der Waals surface area contributed by atoms with E-state index in [0.29, 0.717) is 5.75 Å². The van der Waals surface area contributed by atoms with E-state index in [-0.39, 0.29) is 22.2 Å². The molecule has 3 rings (SSSR count). The van der Waals surface area contributed by atoms with Crippen LogP contribution >= 0.6 is 23.1 Å². The van der Waals surface area contributed by atoms with Crippen LogP contribution in [0.3, 0.4) is 0 Å². The molecule has 2 aliphatic rings. The number of alkyl carbamates (subject to hydrolysis) is 1. The molecule has 0 radical (unpaired) electrons. The number of anilines is 1. The van der Waals surface area contributed by atoms with Gasteiger partial charge in [0.05, 0.1) is 0 Å². The first-order chi connectivity index (χ1) is 20.1. The number of fused-ring (bicyclic) bond motifs is 1. The molecule has 2 aliphatic heterocycles. The average Bonchev–Trinajstić information content (AvgIpc) is 3.35. The quantitative estimate of drug-likeness (QED) is 0.108. The minimum atomic E-state index is -1.16. The van der Waals surface area contributed by atoms with Crippen LogP contribution in [-0.4, -0.2) is 93.6 Å². The molecule has 0 bridgehead atoms. The molecule has 1 saturated heterocycles. The summed E-state index contributed by atoms with van der Waals surface area (Å²) in [6, 6.07) is -1.96. The number of thioether (sulfide) groups is 1. The van der Waals surface area contributed by atoms with Crippen molar-refractivity contribution < 1.29 is 47.8 Å². The molecule has 18 heteroatoms. The summed E-state index contributed by atoms with van der Waals surface area (Å²) < 4.78 is 15.0. The first-order valence-corrected chi connectivity index (χ1v) is 14.8. The third-order valence-corrected chi connectivity index (χ3v) is 7.39. The van der Waals surface area contributed by atoms with Crippen LogP contribution in [0.25, 0.3) is 0 Å². The molecule has 1 aromatic heterocycles. The van der Waals surface area contributed by atoms with E-state index in [1.54, 1.807) is 20.8 Å². The van der Waals surface area contributed by atoms with Crippen molar-refractivity contribution in [2.45, 2.75) is 70.9 Å². The van der Waals surface area contributed by atoms with Crippen molar-refractivity contribution in [3.05, 3.63) is 22.8 Å². The second-order valence-electron chi connectivity index (χ2n) is 10.1. The molecule has 3 heterocycles. The molecule has 4 atom stereocenters. The summed E-state index contributed by atoms with van der Waals surface area (Å²) in [5, 5.41) is 12.2. The number of nitrogens with zero attached hydrogens (tertiary/aromatic N) is 3. The topological polar surface area (TPSA) is 204 Å². The summed E-state index contributed by atoms with van der Waals surface area (Å²) in [5.74, 6) is -3.08. The van der Waals surface area contributed by atoms with Crippen LogP contribution in [0.2, 0.25) is 0 Å². The molecule has 234 valence electrons. The second-order valence-corrected chi connectivity index (χ2v) is 12.1. The van der Waals surface area contributed by atoms with Gasteiger partial charge in [-0.15, -0.1) is 23.1 Å². The normalized spacial score (nSPS) is 19.4. The second kappa shape index (κ2) is 13.9. The van der Waals surface area contributed by atoms with E-state index in [1.807, 2.05) is 0 Å². The zero-order chi connectivity index (χ0) is 32.1. The van der Waals surface area contributed by atoms with Gasteiger partial charge in [-0.3, -0.25) is 24.1 Å². The van der Waals surface area contributed by atoms with E-state index in [2.05, 4.69) is 26.1 Å². The fourth-order valence-corrected chi connectivity index (χ4v) is 5.60. The fraction of sp³-hybridized carbons (Fsp3) is 0.520. The lowest BCUT2D eigenvalue weighted by Crippen LogP contribution is -2.70. The summed E-state index contributed by atoms with van der Waals surface area (Å²) in [6.45, 7) is 9.06. The Morgan fingerprint density at radius 3 is 2.49 bits per heavy atom. The molecule has 3 N–H and O–H groups in total. The van der Waals surface area contributed by atoms with Crippen LogP contribution < -0.4 is 16.0 Å². The molecule has 0 saturated carbocycles. The van der Waals surface area contributed by atoms with Crippen molar-refractivity contribution in [2.75, 3.05) is 18.2 Å². The van der Waals surface area contributed by atoms with Crippen LogP contribution in [0.1, 0.15) is 47.2 Å². The average molecular weight is 641 g/mol. The molecular formula is C25H32N6O10S2. The minimum Gasteiger partial charge on any atom is -0.444 e. The third kappa shape index (κ3) is 8.66. The predicted molar refractivity (Wildman–Crippen MR) is 154 cm³/mol. The highest BCUT2D eigenvalue weighted by Crippen LogP contribution is 2.38. The van der Waals surface area contributed by atoms with Gasteiger partial charge in [0.2, 0.25) is 12.2 Å². The predicted octanol–water partition coefficient (Wildman–Crippen LogP) is 1.08. The SMILES string of the molecule is CO/N=C(\C(=O)N[C@@H]1C(=O)N2C(C(=O)OC(C)OC(C)=O)=CCS[C@H]12)c1csc(NC(=O)[C@H](C)NC(=O)OC(C)(C)C)n1. The molecule has 0 spiro atoms. The number of carbonyl (C=O) groups is 6. The molecule has 0 aromatic carbocycles. The Kier molecular flexibility index (Phi) is 10.7. The molecule has 16 nitrogen and oxygen atoms in total. The highest BCUT2D eigenvalue weighted by Gasteiger charge is 2.53. The first-order valence-electron chi connectivity index (χ1n) is 12.8. The number of esters is 2. The fourth-order valence-electron chi connectivity index (χ4n) is 3.71. The van der Waals surface area contributed by atoms with Gasteiger partial charge in [0.25, 0.3) is 11.8 Å². The lowest BCUT2D eigenvalue weighted by Gasteiger charge is -2.48. The molecule has 1 fully saturated rings. The Hall–Kier alpha value is -4.19. The number of amides is 4. The summed E-state index contributed by atoms with van der Waals surface area (Å²) in [6.07, 6.45) is -0.416. The molecule has 43 heavy (non-hydrogen) atoms. The van der Waals surface area contributed by atoms with Crippen molar-refractivity contribution in [3.8, 4) is 0 Å². The Morgan fingerprint density at radius 1 is 1.16 bits per heavy atom. The monoisotopic (exact) mass is 640 g/mol. The van der Waals surface area contributed by atoms with E-state index < -0.39 is 65.1 Å². The van der Waals surface area contributed by atoms with Gasteiger partial charge >= 0.3 is 18.0 Å². The summed E-state index contributed by atoms with van der Waals surface area (Å²) in [5.41, 5.74) is -0.984. The minimum absolute atomic E-state index is 0.0284. The van der Waals surface area contributed by atoms with E-state index >= 15 is 0 Å². The number of nitrogens with one attached hydrogen (secondary N) is 3. The van der Waals surface area contributed by atoms with Crippen LogP contribution in [-0.2, 0) is 43.0 Å². The number of ether oxygens (including phenoxy) is 3. The van der Waals surface area contributed by atoms with E-state index in [1.165, 1.54) is 56.0 Å². The van der Waals surface area contributed by atoms with Crippen LogP contribution in [0.5, 0.6) is 0 Å². The van der Waals surface area contributed by atoms with Crippen LogP contribution in [0, 0.1) is 0 Å². The van der Waals surface area contributed by atoms with Gasteiger partial charge in [-0.25, -0.2) is 14.6 Å². The van der Waals surface area contributed by atoms with Crippen molar-refractivity contribution in [3.63, 3.8) is 0 Å². The van der Waals surface area contributed by atoms with Crippen molar-refractivity contribution in [2.24, 2.45) is 5.16 Å². The zero-order valence-corrected chi connectivity index (χ0v) is 26.0. The number of β-lactam (4-membered cyclic amide) rings is 1. The Bertz CT molecular complexity index is 1350. The van der Waals surface area contributed by atoms with Crippen molar-refractivity contribution in [1.82, 2.24) is 20.5 Å². The van der Waals surface area contributed by atoms with Gasteiger partial charge in [-0.05, 0) is 33.8 Å². The highest BCUT2D eigenvalue weighted by atomic mass is 32.2. The number of carbonyl (C=O) groups excluding carboxylic acids is 6. The lowest BCUT2D eigenvalue weighted by atomic mass is 10.0. The smallest absolute Gasteiger partial charge is 0.408 e. The number of thiazole rings is 1. The third-order valence-electron chi connectivity index (χ3n) is 5.45. The molecular weight excluding hydrogens is 608 g/mol. The number of hydrogen-bond donors (Lipinski definition) is 3. The van der Waals surface area contributed by atoms with Crippen molar-refractivity contribution in [1.29, 1.82) is 0 Å². The van der Waals surface area contributed by atoms with Gasteiger partial charge in [0.15, 0.2) is 10.8 Å². The first kappa shape index (κ1) is 33.3. The van der Waals surface area contributed by atoms with Gasteiger partial charge in [0, 0.05) is 25.0 Å². The van der Waals surface area contributed by atoms with Gasteiger partial charge in [0.1, 0.15) is 41.6 Å². The molecule has 4 amide bonds. The zero-order valence-electron chi connectivity index (χ0n) is 24.4. The van der Waals surface area contributed by atoms with Gasteiger partial charge in [-0.2, -0.15) is 0 Å². The Labute approximate surface area is 254 Å². The maximum atomic E-state index is 13.2. The van der Waals surface area contributed by atoms with Gasteiger partial charge in [-0.1, -0.05) is 5.16 Å². The number of hydrogen-bond acceptors (Lipinski definition) is 14. The van der Waals surface area contributed by atoms with E-state index in [9.17, 15) is 28.8 Å². The molecule has 0 aliphatic carbocycles. The maximum Gasteiger partial charge on any atom is 0.408 e. The Morgan fingerprint density at radius 2 is 1.86 bits per heavy atom. The summed E-state index contributed by atoms with van der Waals surface area (Å²) in [7, 11) is 1.22. The molecule has 1 unspecified atom stereocenters. The maximum absolute atomic E-state index is 13.2. The van der Waals surface area contributed by atoms with Crippen molar-refractivity contribution >= 4 is 69.7 Å². The largest absolute Gasteiger partial charge is 0.444 e. The molecule has 1 aromatic rings. The lowest BCUT2D eigenvalue weighted by molar-refractivity contribution is -0.182. The van der Waals surface area contributed by atoms with Gasteiger partial charge < -0.3 is 35.0 Å². The van der Waals surface area contributed by atoms with E-state index in [4.69, 9.17) is 19.0 Å². The number of aromatic nitrogens is 1. The standard InChI is InChI=1S/C25H32N6O10S2/c1-11(26-24(37)41-25(4,5)6)18(33)29-23-27-14(10-43-23)16(30-38-7)19(34)28-17-20(35)31-15(8-9-42-21(17)31)22(36)40-13(3)39-12(2)32/h8,10-11,13,17,21H,9H2,1-7H3,(H,26,37)(H,28,34)(H,27,29,33)/b30-16-/t11-,13?,17+,21+/m0/s1. The Balaban J connectivity index is 1.62. The van der Waals surface area contributed by atoms with Crippen LogP contribution in [0.4, 0.5) is 9.93 Å². The number of rotatable bonds is 10. The van der Waals surface area contributed by atoms with E-state index in [0.717, 1.165) is 11.3 Å². The number of oxime groups is 1. The summed E-state index contributed by atoms with van der Waals surface area (Å²) in [4.78, 5) is 84.5. The summed E-state index contributed by atoms with van der Waals surface area (Å²) >= 11 is 2.30.